The lowest BCUT2D eigenvalue weighted by Gasteiger charge is -2.12. The summed E-state index contributed by atoms with van der Waals surface area (Å²) in [5.74, 6) is 0.128. The average molecular weight is 501 g/mol. The number of hydrogen-bond donors (Lipinski definition) is 4. The first-order valence-electron chi connectivity index (χ1n) is 10.5. The largest absolute Gasteiger partial charge is 0.457 e. The molecule has 0 fully saturated rings. The minimum Gasteiger partial charge on any atom is -0.457 e. The molecule has 0 radical (unpaired) electrons. The lowest BCUT2D eigenvalue weighted by molar-refractivity contribution is -0.137. The fourth-order valence-corrected chi connectivity index (χ4v) is 3.22. The zero-order chi connectivity index (χ0) is 25.7. The molecule has 8 nitrogen and oxygen atoms in total. The number of nitrogens with zero attached hydrogens (tertiary/aromatic N) is 2. The topological polar surface area (TPSA) is 108 Å². The highest BCUT2D eigenvalue weighted by molar-refractivity contribution is 5.99. The molecule has 0 aliphatic heterocycles. The number of fused-ring (bicyclic) bond motifs is 1. The molecule has 4 aromatic rings. The van der Waals surface area contributed by atoms with Gasteiger partial charge in [0.1, 0.15) is 23.1 Å². The maximum atomic E-state index is 14.2. The number of anilines is 3. The molecule has 4 N–H and O–H groups in total. The number of urea groups is 1. The van der Waals surface area contributed by atoms with Crippen LogP contribution in [0.25, 0.3) is 11.0 Å². The van der Waals surface area contributed by atoms with E-state index in [0.717, 1.165) is 30.3 Å². The third-order valence-corrected chi connectivity index (χ3v) is 4.74. The number of carbonyl (C=O) groups excluding carboxylic acids is 1. The van der Waals surface area contributed by atoms with Crippen molar-refractivity contribution in [3.63, 3.8) is 0 Å². The summed E-state index contributed by atoms with van der Waals surface area (Å²) in [6, 6.07) is 11.6. The summed E-state index contributed by atoms with van der Waals surface area (Å²) in [6.45, 7) is 0.230. The Morgan fingerprint density at radius 1 is 0.944 bits per heavy atom. The van der Waals surface area contributed by atoms with Crippen molar-refractivity contribution in [2.75, 3.05) is 29.1 Å². The maximum Gasteiger partial charge on any atom is 0.416 e. The number of halogens is 4. The van der Waals surface area contributed by atoms with Crippen molar-refractivity contribution in [3.8, 4) is 11.5 Å². The van der Waals surface area contributed by atoms with Gasteiger partial charge in [-0.2, -0.15) is 13.2 Å². The van der Waals surface area contributed by atoms with E-state index in [1.807, 2.05) is 0 Å². The minimum atomic E-state index is -4.56. The van der Waals surface area contributed by atoms with Crippen LogP contribution in [0.2, 0.25) is 0 Å². The van der Waals surface area contributed by atoms with Crippen LogP contribution in [0.4, 0.5) is 39.5 Å². The molecule has 0 aliphatic rings. The molecule has 0 unspecified atom stereocenters. The van der Waals surface area contributed by atoms with Gasteiger partial charge in [-0.1, -0.05) is 6.07 Å². The van der Waals surface area contributed by atoms with E-state index in [0.29, 0.717) is 29.1 Å². The van der Waals surface area contributed by atoms with Crippen LogP contribution < -0.4 is 20.7 Å². The summed E-state index contributed by atoms with van der Waals surface area (Å²) in [6.07, 6.45) is -3.04. The Balaban J connectivity index is 1.47. The smallest absolute Gasteiger partial charge is 0.416 e. The van der Waals surface area contributed by atoms with Crippen LogP contribution in [0.3, 0.4) is 0 Å². The zero-order valence-electron chi connectivity index (χ0n) is 18.4. The summed E-state index contributed by atoms with van der Waals surface area (Å²) in [5, 5.41) is 16.5. The predicted octanol–water partition coefficient (Wildman–Crippen LogP) is 5.63. The van der Waals surface area contributed by atoms with Crippen molar-refractivity contribution < 1.29 is 32.2 Å². The molecule has 1 aromatic heterocycles. The fraction of sp³-hybridized carbons (Fsp3) is 0.125. The number of rotatable bonds is 7. The Hall–Kier alpha value is -4.45. The molecule has 0 saturated heterocycles. The summed E-state index contributed by atoms with van der Waals surface area (Å²) < 4.78 is 58.5. The van der Waals surface area contributed by atoms with Gasteiger partial charge in [0.25, 0.3) is 0 Å². The first kappa shape index (κ1) is 24.7. The molecule has 0 spiro atoms. The molecule has 0 saturated carbocycles. The molecule has 2 amide bonds. The van der Waals surface area contributed by atoms with Gasteiger partial charge in [0.2, 0.25) is 0 Å². The van der Waals surface area contributed by atoms with Crippen molar-refractivity contribution in [3.05, 3.63) is 78.2 Å². The van der Waals surface area contributed by atoms with Gasteiger partial charge in [-0.15, -0.1) is 0 Å². The molecular weight excluding hydrogens is 482 g/mol. The van der Waals surface area contributed by atoms with Crippen LogP contribution in [0.5, 0.6) is 11.5 Å². The number of amides is 2. The number of aliphatic hydroxyl groups is 1. The van der Waals surface area contributed by atoms with Crippen LogP contribution in [-0.4, -0.2) is 34.3 Å². The average Bonchev–Trinajstić information content (AvgIpc) is 2.81. The molecule has 4 rings (SSSR count). The van der Waals surface area contributed by atoms with Crippen molar-refractivity contribution in [1.82, 2.24) is 9.97 Å². The zero-order valence-corrected chi connectivity index (χ0v) is 18.4. The quantitative estimate of drug-likeness (QED) is 0.245. The van der Waals surface area contributed by atoms with E-state index >= 15 is 0 Å². The second-order valence-corrected chi connectivity index (χ2v) is 7.49. The van der Waals surface area contributed by atoms with Gasteiger partial charge in [0.05, 0.1) is 29.4 Å². The Labute approximate surface area is 202 Å². The van der Waals surface area contributed by atoms with E-state index in [-0.39, 0.29) is 23.7 Å². The van der Waals surface area contributed by atoms with Gasteiger partial charge in [-0.05, 0) is 36.4 Å². The number of nitrogens with one attached hydrogen (secondary N) is 3. The van der Waals surface area contributed by atoms with Gasteiger partial charge < -0.3 is 25.8 Å². The van der Waals surface area contributed by atoms with Crippen LogP contribution in [0.1, 0.15) is 5.56 Å². The number of aromatic nitrogens is 2. The number of carbonyl (C=O) groups is 1. The Bertz CT molecular complexity index is 1400. The molecule has 0 aliphatic carbocycles. The summed E-state index contributed by atoms with van der Waals surface area (Å²) in [5.41, 5.74) is 0.0967. The summed E-state index contributed by atoms with van der Waals surface area (Å²) in [4.78, 5) is 20.9. The lowest BCUT2D eigenvalue weighted by atomic mass is 10.2. The van der Waals surface area contributed by atoms with Gasteiger partial charge >= 0.3 is 12.2 Å². The van der Waals surface area contributed by atoms with Crippen LogP contribution in [0.15, 0.2) is 66.9 Å². The minimum absolute atomic E-state index is 0.0190. The van der Waals surface area contributed by atoms with Crippen molar-refractivity contribution >= 4 is 34.3 Å². The fourth-order valence-electron chi connectivity index (χ4n) is 3.22. The SMILES string of the molecule is O=C(Nc1cc(F)cc(Oc2ccc3ncc(NCCO)nc3c2)c1)Nc1cccc(C(F)(F)F)c1. The lowest BCUT2D eigenvalue weighted by Crippen LogP contribution is -2.20. The van der Waals surface area contributed by atoms with Crippen LogP contribution >= 0.6 is 0 Å². The standard InChI is InChI=1S/C24H19F4N5O3/c25-15-9-17(32-23(35)31-16-3-1-2-14(8-16)24(26,27)28)11-19(10-15)36-18-4-5-20-21(12-18)33-22(13-30-20)29-6-7-34/h1-5,8-13,34H,6-7H2,(H,29,33)(H2,31,32,35). The molecule has 186 valence electrons. The van der Waals surface area contributed by atoms with E-state index in [1.165, 1.54) is 18.3 Å². The number of alkyl halides is 3. The molecule has 1 heterocycles. The van der Waals surface area contributed by atoms with Gasteiger partial charge in [-0.3, -0.25) is 4.98 Å². The highest BCUT2D eigenvalue weighted by Crippen LogP contribution is 2.31. The first-order valence-corrected chi connectivity index (χ1v) is 10.5. The monoisotopic (exact) mass is 501 g/mol. The molecule has 0 atom stereocenters. The number of ether oxygens (including phenoxy) is 1. The van der Waals surface area contributed by atoms with E-state index in [9.17, 15) is 22.4 Å². The Kier molecular flexibility index (Phi) is 7.15. The van der Waals surface area contributed by atoms with E-state index in [2.05, 4.69) is 25.9 Å². The Morgan fingerprint density at radius 2 is 1.75 bits per heavy atom. The van der Waals surface area contributed by atoms with Gasteiger partial charge in [0.15, 0.2) is 0 Å². The molecule has 0 bridgehead atoms. The Morgan fingerprint density at radius 3 is 2.53 bits per heavy atom. The number of benzene rings is 3. The predicted molar refractivity (Wildman–Crippen MR) is 126 cm³/mol. The van der Waals surface area contributed by atoms with E-state index < -0.39 is 23.6 Å². The third kappa shape index (κ3) is 6.36. The van der Waals surface area contributed by atoms with Gasteiger partial charge in [0, 0.05) is 36.1 Å². The number of hydrogen-bond acceptors (Lipinski definition) is 6. The summed E-state index contributed by atoms with van der Waals surface area (Å²) in [7, 11) is 0. The second-order valence-electron chi connectivity index (χ2n) is 7.49. The number of aliphatic hydroxyl groups excluding tert-OH is 1. The van der Waals surface area contributed by atoms with Crippen molar-refractivity contribution in [2.45, 2.75) is 6.18 Å². The normalized spacial score (nSPS) is 11.2. The molecule has 36 heavy (non-hydrogen) atoms. The molecule has 12 heteroatoms. The maximum absolute atomic E-state index is 14.2. The highest BCUT2D eigenvalue weighted by Gasteiger charge is 2.30. The van der Waals surface area contributed by atoms with Crippen molar-refractivity contribution in [2.24, 2.45) is 0 Å². The van der Waals surface area contributed by atoms with Gasteiger partial charge in [-0.25, -0.2) is 14.2 Å². The second kappa shape index (κ2) is 10.4. The van der Waals surface area contributed by atoms with E-state index in [1.54, 1.807) is 18.2 Å². The molecule has 3 aromatic carbocycles. The van der Waals surface area contributed by atoms with Crippen LogP contribution in [0, 0.1) is 5.82 Å². The highest BCUT2D eigenvalue weighted by atomic mass is 19.4. The van der Waals surface area contributed by atoms with Crippen molar-refractivity contribution in [1.29, 1.82) is 0 Å². The van der Waals surface area contributed by atoms with Crippen LogP contribution in [-0.2, 0) is 6.18 Å². The third-order valence-electron chi connectivity index (χ3n) is 4.74. The molecular formula is C24H19F4N5O3. The summed E-state index contributed by atoms with van der Waals surface area (Å²) >= 11 is 0. The first-order chi connectivity index (χ1) is 17.2. The van der Waals surface area contributed by atoms with E-state index in [4.69, 9.17) is 9.84 Å².